The molecule has 0 saturated heterocycles. The fraction of sp³-hybridized carbons (Fsp3) is 0.357. The van der Waals surface area contributed by atoms with Crippen LogP contribution in [0.5, 0.6) is 0 Å². The Hall–Kier alpha value is -2.61. The van der Waals surface area contributed by atoms with Crippen LogP contribution in [0.15, 0.2) is 53.7 Å². The summed E-state index contributed by atoms with van der Waals surface area (Å²) in [5, 5.41) is 5.36. The molecule has 1 fully saturated rings. The number of pyridine rings is 1. The second kappa shape index (κ2) is 11.6. The molecule has 0 radical (unpaired) electrons. The highest BCUT2D eigenvalue weighted by Crippen LogP contribution is 2.34. The Kier molecular flexibility index (Phi) is 8.54. The average molecular weight is 530 g/mol. The normalized spacial score (nSPS) is 18.6. The highest BCUT2D eigenvalue weighted by Gasteiger charge is 2.31. The minimum Gasteiger partial charge on any atom is -0.331 e. The summed E-state index contributed by atoms with van der Waals surface area (Å²) >= 11 is 8.16. The van der Waals surface area contributed by atoms with Crippen LogP contribution in [0.1, 0.15) is 48.6 Å². The number of hydrogen-bond donors (Lipinski definition) is 1. The maximum atomic E-state index is 14.6. The molecule has 1 aromatic carbocycles. The zero-order valence-corrected chi connectivity index (χ0v) is 22.2. The molecule has 1 amide bonds. The molecule has 2 heterocycles. The average Bonchev–Trinajstić information content (AvgIpc) is 3.38. The maximum absolute atomic E-state index is 14.6. The first-order valence-electron chi connectivity index (χ1n) is 12.1. The number of aromatic nitrogens is 1. The van der Waals surface area contributed by atoms with Crippen LogP contribution in [0.3, 0.4) is 0 Å². The van der Waals surface area contributed by atoms with Gasteiger partial charge < -0.3 is 10.2 Å². The minimum absolute atomic E-state index is 0.0337. The van der Waals surface area contributed by atoms with Gasteiger partial charge in [-0.25, -0.2) is 8.78 Å². The summed E-state index contributed by atoms with van der Waals surface area (Å²) in [6.07, 6.45) is 7.16. The molecular formula is C28H30ClF2N3OS. The molecule has 1 aliphatic rings. The van der Waals surface area contributed by atoms with E-state index in [2.05, 4.69) is 21.7 Å². The minimum atomic E-state index is -0.646. The van der Waals surface area contributed by atoms with Crippen LogP contribution >= 0.6 is 22.9 Å². The first kappa shape index (κ1) is 26.5. The van der Waals surface area contributed by atoms with Crippen molar-refractivity contribution in [3.63, 3.8) is 0 Å². The predicted molar refractivity (Wildman–Crippen MR) is 143 cm³/mol. The number of nitrogens with zero attached hydrogens (tertiary/aromatic N) is 2. The molecule has 1 saturated carbocycles. The van der Waals surface area contributed by atoms with Gasteiger partial charge in [0.05, 0.1) is 11.6 Å². The van der Waals surface area contributed by atoms with Crippen molar-refractivity contribution in [1.82, 2.24) is 15.2 Å². The topological polar surface area (TPSA) is 45.2 Å². The molecule has 2 aromatic heterocycles. The van der Waals surface area contributed by atoms with Crippen LogP contribution in [-0.2, 0) is 11.3 Å². The summed E-state index contributed by atoms with van der Waals surface area (Å²) in [6.45, 7) is 3.49. The van der Waals surface area contributed by atoms with Gasteiger partial charge in [-0.3, -0.25) is 9.78 Å². The van der Waals surface area contributed by atoms with Crippen LogP contribution < -0.4 is 5.32 Å². The maximum Gasteiger partial charge on any atom is 0.251 e. The van der Waals surface area contributed by atoms with Crippen molar-refractivity contribution in [2.24, 2.45) is 0 Å². The first-order chi connectivity index (χ1) is 17.3. The van der Waals surface area contributed by atoms with E-state index in [0.29, 0.717) is 12.6 Å². The van der Waals surface area contributed by atoms with Crippen molar-refractivity contribution < 1.29 is 13.6 Å². The third kappa shape index (κ3) is 5.69. The number of thiophene rings is 1. The largest absolute Gasteiger partial charge is 0.331 e. The van der Waals surface area contributed by atoms with Gasteiger partial charge in [-0.15, -0.1) is 11.3 Å². The number of benzene rings is 1. The van der Waals surface area contributed by atoms with Crippen molar-refractivity contribution in [2.75, 3.05) is 7.05 Å². The van der Waals surface area contributed by atoms with E-state index in [1.54, 1.807) is 30.7 Å². The predicted octanol–water partition coefficient (Wildman–Crippen LogP) is 6.93. The SMILES string of the molecule is CNC1CCC(N(Cc2cc(-c3ccncc3)cs2)C(=O)/C(C)=C(\Cl)c2c(F)ccc(F)c2C)CC1. The van der Waals surface area contributed by atoms with Crippen molar-refractivity contribution in [1.29, 1.82) is 0 Å². The van der Waals surface area contributed by atoms with E-state index in [0.717, 1.165) is 53.8 Å². The van der Waals surface area contributed by atoms with Gasteiger partial charge in [-0.1, -0.05) is 11.6 Å². The molecule has 36 heavy (non-hydrogen) atoms. The number of carbonyl (C=O) groups is 1. The van der Waals surface area contributed by atoms with E-state index < -0.39 is 11.6 Å². The van der Waals surface area contributed by atoms with Crippen molar-refractivity contribution >= 4 is 33.9 Å². The summed E-state index contributed by atoms with van der Waals surface area (Å²) in [5.74, 6) is -1.46. The summed E-state index contributed by atoms with van der Waals surface area (Å²) in [5.41, 5.74) is 2.39. The smallest absolute Gasteiger partial charge is 0.251 e. The fourth-order valence-corrected chi connectivity index (χ4v) is 5.99. The number of halogens is 3. The Balaban J connectivity index is 1.66. The second-order valence-corrected chi connectivity index (χ2v) is 10.6. The number of hydrogen-bond acceptors (Lipinski definition) is 4. The lowest BCUT2D eigenvalue weighted by molar-refractivity contribution is -0.130. The van der Waals surface area contributed by atoms with Crippen molar-refractivity contribution in [3.05, 3.63) is 81.3 Å². The van der Waals surface area contributed by atoms with Crippen LogP contribution in [0.4, 0.5) is 8.78 Å². The number of amides is 1. The Morgan fingerprint density at radius 3 is 2.44 bits per heavy atom. The Morgan fingerprint density at radius 1 is 1.11 bits per heavy atom. The molecule has 3 aromatic rings. The summed E-state index contributed by atoms with van der Waals surface area (Å²) in [4.78, 5) is 20.8. The lowest BCUT2D eigenvalue weighted by Gasteiger charge is -2.37. The molecule has 1 N–H and O–H groups in total. The summed E-state index contributed by atoms with van der Waals surface area (Å²) < 4.78 is 28.8. The molecule has 0 unspecified atom stereocenters. The van der Waals surface area contributed by atoms with Crippen LogP contribution in [0.25, 0.3) is 16.2 Å². The van der Waals surface area contributed by atoms with E-state index in [1.165, 1.54) is 6.92 Å². The highest BCUT2D eigenvalue weighted by atomic mass is 35.5. The Bertz CT molecular complexity index is 1250. The van der Waals surface area contributed by atoms with Gasteiger partial charge in [-0.2, -0.15) is 0 Å². The van der Waals surface area contributed by atoms with Crippen molar-refractivity contribution in [2.45, 2.75) is 58.2 Å². The third-order valence-electron chi connectivity index (χ3n) is 7.02. The van der Waals surface area contributed by atoms with Gasteiger partial charge in [0.15, 0.2) is 0 Å². The van der Waals surface area contributed by atoms with E-state index in [4.69, 9.17) is 11.6 Å². The van der Waals surface area contributed by atoms with Gasteiger partial charge in [-0.05, 0) is 99.0 Å². The van der Waals surface area contributed by atoms with Crippen LogP contribution in [0.2, 0.25) is 0 Å². The fourth-order valence-electron chi connectivity index (χ4n) is 4.79. The molecule has 4 nitrogen and oxygen atoms in total. The molecule has 4 rings (SSSR count). The van der Waals surface area contributed by atoms with E-state index in [9.17, 15) is 13.6 Å². The number of rotatable bonds is 7. The second-order valence-electron chi connectivity index (χ2n) is 9.23. The monoisotopic (exact) mass is 529 g/mol. The lowest BCUT2D eigenvalue weighted by Crippen LogP contribution is -2.44. The lowest BCUT2D eigenvalue weighted by atomic mass is 9.89. The van der Waals surface area contributed by atoms with Gasteiger partial charge in [0, 0.05) is 40.5 Å². The molecule has 0 atom stereocenters. The van der Waals surface area contributed by atoms with Gasteiger partial charge >= 0.3 is 0 Å². The molecule has 0 aliphatic heterocycles. The van der Waals surface area contributed by atoms with Gasteiger partial charge in [0.2, 0.25) is 0 Å². The quantitative estimate of drug-likeness (QED) is 0.338. The highest BCUT2D eigenvalue weighted by molar-refractivity contribution is 7.10. The third-order valence-corrected chi connectivity index (χ3v) is 8.41. The van der Waals surface area contributed by atoms with Gasteiger partial charge in [0.1, 0.15) is 11.6 Å². The number of carbonyl (C=O) groups excluding carboxylic acids is 1. The van der Waals surface area contributed by atoms with Crippen LogP contribution in [-0.4, -0.2) is 34.9 Å². The zero-order chi connectivity index (χ0) is 25.8. The Morgan fingerprint density at radius 2 is 1.78 bits per heavy atom. The van der Waals surface area contributed by atoms with Gasteiger partial charge in [0.25, 0.3) is 5.91 Å². The zero-order valence-electron chi connectivity index (χ0n) is 20.7. The molecule has 190 valence electrons. The standard InChI is InChI=1S/C28H30ClF2N3OS/c1-17-24(30)8-9-25(31)26(17)27(29)18(2)28(35)34(22-6-4-21(32-3)5-7-22)15-23-14-20(16-36-23)19-10-12-33-13-11-19/h8-14,16,21-22,32H,4-7,15H2,1-3H3/b27-18-. The molecule has 8 heteroatoms. The van der Waals surface area contributed by atoms with E-state index in [1.807, 2.05) is 24.1 Å². The number of nitrogens with one attached hydrogen (secondary N) is 1. The molecular weight excluding hydrogens is 500 g/mol. The Labute approximate surface area is 220 Å². The van der Waals surface area contributed by atoms with Crippen LogP contribution in [0, 0.1) is 18.6 Å². The van der Waals surface area contributed by atoms with E-state index >= 15 is 0 Å². The first-order valence-corrected chi connectivity index (χ1v) is 13.3. The summed E-state index contributed by atoms with van der Waals surface area (Å²) in [7, 11) is 1.96. The summed E-state index contributed by atoms with van der Waals surface area (Å²) in [6, 6.07) is 8.58. The molecule has 0 bridgehead atoms. The molecule has 0 spiro atoms. The molecule has 1 aliphatic carbocycles. The van der Waals surface area contributed by atoms with E-state index in [-0.39, 0.29) is 33.7 Å². The van der Waals surface area contributed by atoms with Crippen molar-refractivity contribution in [3.8, 4) is 11.1 Å².